The normalized spacial score (nSPS) is 32.4. The van der Waals surface area contributed by atoms with E-state index < -0.39 is 17.4 Å². The van der Waals surface area contributed by atoms with Crippen molar-refractivity contribution in [2.45, 2.75) is 31.7 Å². The number of hydrogen-bond donors (Lipinski definition) is 0. The first kappa shape index (κ1) is 13.1. The Labute approximate surface area is 117 Å². The summed E-state index contributed by atoms with van der Waals surface area (Å²) in [5.41, 5.74) is -0.327. The number of methoxy groups -OCH3 is 1. The van der Waals surface area contributed by atoms with E-state index in [1.165, 1.54) is 13.2 Å². The summed E-state index contributed by atoms with van der Waals surface area (Å²) in [5, 5.41) is 0. The molecule has 5 heteroatoms. The van der Waals surface area contributed by atoms with E-state index in [1.54, 1.807) is 11.0 Å². The van der Waals surface area contributed by atoms with Crippen LogP contribution in [-0.4, -0.2) is 42.3 Å². The number of allylic oxidation sites excluding steroid dienone is 1. The van der Waals surface area contributed by atoms with Crippen molar-refractivity contribution in [1.82, 2.24) is 4.90 Å². The number of carbonyl (C=O) groups excluding carboxylic acids is 3. The molecule has 0 aromatic carbocycles. The number of carbonyl (C=O) groups is 3. The van der Waals surface area contributed by atoms with Gasteiger partial charge in [0, 0.05) is 19.0 Å². The van der Waals surface area contributed by atoms with E-state index in [-0.39, 0.29) is 11.7 Å². The highest BCUT2D eigenvalue weighted by Gasteiger charge is 2.58. The van der Waals surface area contributed by atoms with Crippen molar-refractivity contribution in [2.75, 3.05) is 13.7 Å². The third kappa shape index (κ3) is 1.58. The molecule has 20 heavy (non-hydrogen) atoms. The average molecular weight is 275 g/mol. The summed E-state index contributed by atoms with van der Waals surface area (Å²) >= 11 is 0. The molecule has 3 aliphatic rings. The van der Waals surface area contributed by atoms with Crippen LogP contribution in [0, 0.1) is 5.41 Å². The molecule has 0 saturated carbocycles. The summed E-state index contributed by atoms with van der Waals surface area (Å²) in [6, 6.07) is -0.490. The minimum absolute atomic E-state index is 0.0921. The second-order valence-electron chi connectivity index (χ2n) is 5.50. The van der Waals surface area contributed by atoms with Crippen LogP contribution < -0.4 is 0 Å². The second kappa shape index (κ2) is 4.58. The average Bonchev–Trinajstić information content (AvgIpc) is 2.62. The van der Waals surface area contributed by atoms with Gasteiger partial charge in [-0.3, -0.25) is 14.4 Å². The maximum atomic E-state index is 12.6. The SMILES string of the molecule is COC(=O)[C@]12CCC=C3C=CC(=O)N(CCCC1=O)[C@H]32. The molecule has 0 N–H and O–H groups in total. The molecule has 106 valence electrons. The number of amides is 1. The molecule has 1 aliphatic carbocycles. The van der Waals surface area contributed by atoms with E-state index in [0.717, 1.165) is 5.57 Å². The molecule has 0 aromatic heterocycles. The molecule has 5 nitrogen and oxygen atoms in total. The van der Waals surface area contributed by atoms with Gasteiger partial charge in [0.15, 0.2) is 11.2 Å². The number of rotatable bonds is 1. The lowest BCUT2D eigenvalue weighted by molar-refractivity contribution is -0.163. The molecule has 2 heterocycles. The fraction of sp³-hybridized carbons (Fsp3) is 0.533. The molecule has 0 radical (unpaired) electrons. The van der Waals surface area contributed by atoms with E-state index in [4.69, 9.17) is 4.74 Å². The molecule has 2 aliphatic heterocycles. The molecule has 2 atom stereocenters. The fourth-order valence-corrected chi connectivity index (χ4v) is 3.67. The molecular weight excluding hydrogens is 258 g/mol. The quantitative estimate of drug-likeness (QED) is 0.529. The standard InChI is InChI=1S/C15H17NO4/c1-20-14(19)15-8-2-4-10-6-7-12(18)16(13(10)15)9-3-5-11(15)17/h4,6-7,13H,2-3,5,8-9H2,1H3/t13-,15-/m1/s1. The Hall–Kier alpha value is -1.91. The first-order chi connectivity index (χ1) is 9.61. The van der Waals surface area contributed by atoms with Gasteiger partial charge in [0.1, 0.15) is 0 Å². The maximum absolute atomic E-state index is 12.6. The molecule has 1 saturated heterocycles. The van der Waals surface area contributed by atoms with Crippen molar-refractivity contribution in [3.8, 4) is 0 Å². The molecule has 1 fully saturated rings. The minimum atomic E-state index is -1.21. The van der Waals surface area contributed by atoms with Crippen molar-refractivity contribution in [3.05, 3.63) is 23.8 Å². The number of hydrogen-bond acceptors (Lipinski definition) is 4. The van der Waals surface area contributed by atoms with Crippen molar-refractivity contribution >= 4 is 17.7 Å². The summed E-state index contributed by atoms with van der Waals surface area (Å²) in [6.07, 6.45) is 7.26. The smallest absolute Gasteiger partial charge is 0.321 e. The lowest BCUT2D eigenvalue weighted by atomic mass is 9.65. The highest BCUT2D eigenvalue weighted by atomic mass is 16.5. The Morgan fingerprint density at radius 3 is 2.95 bits per heavy atom. The molecule has 0 spiro atoms. The van der Waals surface area contributed by atoms with Crippen molar-refractivity contribution in [3.63, 3.8) is 0 Å². The minimum Gasteiger partial charge on any atom is -0.468 e. The van der Waals surface area contributed by atoms with Crippen molar-refractivity contribution in [2.24, 2.45) is 5.41 Å². The van der Waals surface area contributed by atoms with Gasteiger partial charge in [-0.25, -0.2) is 0 Å². The summed E-state index contributed by atoms with van der Waals surface area (Å²) in [7, 11) is 1.30. The Kier molecular flexibility index (Phi) is 3.00. The van der Waals surface area contributed by atoms with Gasteiger partial charge < -0.3 is 9.64 Å². The third-order valence-electron chi connectivity index (χ3n) is 4.56. The Bertz CT molecular complexity index is 548. The summed E-state index contributed by atoms with van der Waals surface area (Å²) in [6.45, 7) is 0.510. The van der Waals surface area contributed by atoms with Crippen LogP contribution in [0.2, 0.25) is 0 Å². The molecule has 0 aromatic rings. The topological polar surface area (TPSA) is 63.7 Å². The molecular formula is C15H17NO4. The van der Waals surface area contributed by atoms with E-state index >= 15 is 0 Å². The number of ether oxygens (including phenoxy) is 1. The van der Waals surface area contributed by atoms with Gasteiger partial charge in [-0.1, -0.05) is 12.2 Å². The lowest BCUT2D eigenvalue weighted by Gasteiger charge is -2.45. The predicted octanol–water partition coefficient (Wildman–Crippen LogP) is 0.996. The van der Waals surface area contributed by atoms with Crippen molar-refractivity contribution < 1.29 is 19.1 Å². The Balaban J connectivity index is 2.20. The van der Waals surface area contributed by atoms with Gasteiger partial charge >= 0.3 is 5.97 Å². The first-order valence-corrected chi connectivity index (χ1v) is 6.91. The van der Waals surface area contributed by atoms with Crippen LogP contribution in [0.15, 0.2) is 23.8 Å². The predicted molar refractivity (Wildman–Crippen MR) is 70.6 cm³/mol. The molecule has 0 bridgehead atoms. The summed E-state index contributed by atoms with van der Waals surface area (Å²) < 4.78 is 4.93. The Morgan fingerprint density at radius 2 is 2.20 bits per heavy atom. The fourth-order valence-electron chi connectivity index (χ4n) is 3.67. The molecule has 1 amide bonds. The largest absolute Gasteiger partial charge is 0.468 e. The van der Waals surface area contributed by atoms with Crippen LogP contribution in [0.5, 0.6) is 0 Å². The first-order valence-electron chi connectivity index (χ1n) is 6.91. The van der Waals surface area contributed by atoms with Gasteiger partial charge in [0.2, 0.25) is 5.91 Å². The summed E-state index contributed by atoms with van der Waals surface area (Å²) in [4.78, 5) is 38.8. The van der Waals surface area contributed by atoms with Crippen LogP contribution in [-0.2, 0) is 19.1 Å². The van der Waals surface area contributed by atoms with Crippen LogP contribution in [0.25, 0.3) is 0 Å². The number of esters is 1. The van der Waals surface area contributed by atoms with E-state index in [2.05, 4.69) is 0 Å². The second-order valence-corrected chi connectivity index (χ2v) is 5.50. The van der Waals surface area contributed by atoms with Crippen LogP contribution in [0.3, 0.4) is 0 Å². The highest BCUT2D eigenvalue weighted by molar-refractivity contribution is 6.07. The highest BCUT2D eigenvalue weighted by Crippen LogP contribution is 2.46. The van der Waals surface area contributed by atoms with E-state index in [1.807, 2.05) is 6.08 Å². The van der Waals surface area contributed by atoms with E-state index in [9.17, 15) is 14.4 Å². The van der Waals surface area contributed by atoms with Gasteiger partial charge in [0.05, 0.1) is 13.2 Å². The van der Waals surface area contributed by atoms with Crippen LogP contribution in [0.4, 0.5) is 0 Å². The van der Waals surface area contributed by atoms with Gasteiger partial charge in [-0.2, -0.15) is 0 Å². The number of Topliss-reactive ketones (excluding diaryl/α,β-unsaturated/α-hetero) is 1. The monoisotopic (exact) mass is 275 g/mol. The zero-order valence-electron chi connectivity index (χ0n) is 11.4. The van der Waals surface area contributed by atoms with Gasteiger partial charge in [-0.05, 0) is 24.8 Å². The van der Waals surface area contributed by atoms with Crippen molar-refractivity contribution in [1.29, 1.82) is 0 Å². The Morgan fingerprint density at radius 1 is 1.40 bits per heavy atom. The zero-order chi connectivity index (χ0) is 14.3. The maximum Gasteiger partial charge on any atom is 0.321 e. The van der Waals surface area contributed by atoms with Crippen LogP contribution in [0.1, 0.15) is 25.7 Å². The zero-order valence-corrected chi connectivity index (χ0v) is 11.4. The summed E-state index contributed by atoms with van der Waals surface area (Å²) in [5.74, 6) is -0.726. The number of nitrogens with zero attached hydrogens (tertiary/aromatic N) is 1. The number of ketones is 1. The van der Waals surface area contributed by atoms with Crippen LogP contribution >= 0.6 is 0 Å². The lowest BCUT2D eigenvalue weighted by Crippen LogP contribution is -2.59. The molecule has 0 unspecified atom stereocenters. The third-order valence-corrected chi connectivity index (χ3v) is 4.56. The molecule has 3 rings (SSSR count). The van der Waals surface area contributed by atoms with Gasteiger partial charge in [-0.15, -0.1) is 0 Å². The van der Waals surface area contributed by atoms with E-state index in [0.29, 0.717) is 32.2 Å². The van der Waals surface area contributed by atoms with Gasteiger partial charge in [0.25, 0.3) is 0 Å².